The van der Waals surface area contributed by atoms with Crippen LogP contribution in [0.15, 0.2) is 140 Å². The Morgan fingerprint density at radius 2 is 1.00 bits per heavy atom. The molecule has 0 fully saturated rings. The van der Waals surface area contributed by atoms with E-state index in [1.807, 2.05) is 36.4 Å². The van der Waals surface area contributed by atoms with Gasteiger partial charge in [0.15, 0.2) is 17.1 Å². The normalized spacial score (nSPS) is 12.1. The third kappa shape index (κ3) is 12.3. The van der Waals surface area contributed by atoms with Gasteiger partial charge in [-0.3, -0.25) is 19.8 Å². The zero-order valence-electron chi connectivity index (χ0n) is 30.9. The summed E-state index contributed by atoms with van der Waals surface area (Å²) in [5, 5.41) is 22.3. The summed E-state index contributed by atoms with van der Waals surface area (Å²) < 4.78 is 22.2. The second kappa shape index (κ2) is 19.7. The fraction of sp³-hybridized carbons (Fsp3) is 0.227. The predicted octanol–water partition coefficient (Wildman–Crippen LogP) is 5.63. The molecule has 1 amide bonds. The highest BCUT2D eigenvalue weighted by Gasteiger charge is 2.44. The largest absolute Gasteiger partial charge is 0.504 e. The average Bonchev–Trinajstić information content (AvgIpc) is 3.22. The molecule has 4 N–H and O–H groups in total. The molecule has 0 radical (unpaired) electrons. The van der Waals surface area contributed by atoms with Gasteiger partial charge in [0.1, 0.15) is 32.0 Å². The van der Waals surface area contributed by atoms with Gasteiger partial charge in [0.25, 0.3) is 5.91 Å². The summed E-state index contributed by atoms with van der Waals surface area (Å²) in [5.74, 6) is -3.87. The van der Waals surface area contributed by atoms with Crippen LogP contribution in [0.1, 0.15) is 47.6 Å². The Kier molecular flexibility index (Phi) is 14.3. The first-order valence-corrected chi connectivity index (χ1v) is 17.9. The van der Waals surface area contributed by atoms with Crippen molar-refractivity contribution in [3.63, 3.8) is 0 Å². The van der Waals surface area contributed by atoms with Gasteiger partial charge in [0.05, 0.1) is 12.8 Å². The highest BCUT2D eigenvalue weighted by Crippen LogP contribution is 2.30. The number of ether oxygens (including phenoxy) is 4. The van der Waals surface area contributed by atoms with Crippen molar-refractivity contribution in [3.05, 3.63) is 167 Å². The number of phenols is 1. The minimum absolute atomic E-state index is 0.0870. The molecule has 12 nitrogen and oxygen atoms in total. The number of carbonyl (C=O) groups is 4. The van der Waals surface area contributed by atoms with Crippen LogP contribution in [-0.4, -0.2) is 45.2 Å². The van der Waals surface area contributed by atoms with Crippen molar-refractivity contribution in [2.24, 2.45) is 0 Å². The molecule has 0 bridgehead atoms. The molecule has 0 aliphatic rings. The number of aliphatic hydroxyl groups is 1. The molecule has 0 aliphatic heterocycles. The van der Waals surface area contributed by atoms with Crippen LogP contribution in [0.4, 0.5) is 0 Å². The van der Waals surface area contributed by atoms with Gasteiger partial charge >= 0.3 is 17.9 Å². The lowest BCUT2D eigenvalue weighted by atomic mass is 9.92. The zero-order chi connectivity index (χ0) is 39.8. The van der Waals surface area contributed by atoms with Crippen LogP contribution in [0.2, 0.25) is 0 Å². The standard InChI is InChI=1S/C44H44N2O10/c1-43(42(51)56-31-35-20-12-5-13-21-35,25-36-22-23-37(47)38(24-36)53-28-32-14-6-2-7-15-32)46-45-41(50)44(52,26-39(48)54-29-33-16-8-3-9-17-33)27-40(49)55-30-34-18-10-4-11-19-34/h2-24,46-47,52H,25-31H2,1H3,(H,45,50)/t43-/m0/s1. The number of esters is 3. The molecule has 0 spiro atoms. The van der Waals surface area contributed by atoms with E-state index in [1.54, 1.807) is 97.1 Å². The Morgan fingerprint density at radius 1 is 0.571 bits per heavy atom. The molecule has 12 heteroatoms. The molecule has 1 atom stereocenters. The number of nitrogens with one attached hydrogen (secondary N) is 2. The van der Waals surface area contributed by atoms with Crippen LogP contribution in [0.5, 0.6) is 11.5 Å². The van der Waals surface area contributed by atoms with E-state index < -0.39 is 47.8 Å². The number of carbonyl (C=O) groups excluding carboxylic acids is 4. The molecule has 5 rings (SSSR count). The molecule has 5 aromatic rings. The average molecular weight is 761 g/mol. The molecule has 290 valence electrons. The predicted molar refractivity (Wildman–Crippen MR) is 205 cm³/mol. The molecular formula is C44H44N2O10. The second-order valence-electron chi connectivity index (χ2n) is 13.4. The Bertz CT molecular complexity index is 1990. The van der Waals surface area contributed by atoms with Crippen molar-refractivity contribution in [3.8, 4) is 11.5 Å². The van der Waals surface area contributed by atoms with Gasteiger partial charge in [0.2, 0.25) is 0 Å². The van der Waals surface area contributed by atoms with Crippen LogP contribution in [0, 0.1) is 0 Å². The van der Waals surface area contributed by atoms with Crippen molar-refractivity contribution < 1.29 is 48.3 Å². The minimum atomic E-state index is -2.67. The van der Waals surface area contributed by atoms with Crippen LogP contribution in [-0.2, 0) is 66.2 Å². The molecule has 0 heterocycles. The highest BCUT2D eigenvalue weighted by molar-refractivity contribution is 5.93. The zero-order valence-corrected chi connectivity index (χ0v) is 30.9. The molecule has 0 saturated heterocycles. The monoisotopic (exact) mass is 760 g/mol. The maximum Gasteiger partial charge on any atom is 0.328 e. The lowest BCUT2D eigenvalue weighted by Gasteiger charge is -2.32. The summed E-state index contributed by atoms with van der Waals surface area (Å²) in [5.41, 5.74) is 4.12. The number of hydrogen-bond donors (Lipinski definition) is 4. The Hall–Kier alpha value is -6.50. The highest BCUT2D eigenvalue weighted by atomic mass is 16.5. The summed E-state index contributed by atoms with van der Waals surface area (Å²) in [4.78, 5) is 53.8. The van der Waals surface area contributed by atoms with Crippen LogP contribution >= 0.6 is 0 Å². The number of hydrogen-bond acceptors (Lipinski definition) is 11. The SMILES string of the molecule is C[C@@](Cc1ccc(O)c(OCc2ccccc2)c1)(NNC(=O)C(O)(CC(=O)OCc1ccccc1)CC(=O)OCc1ccccc1)C(=O)OCc1ccccc1. The second-order valence-corrected chi connectivity index (χ2v) is 13.4. The van der Waals surface area contributed by atoms with Crippen molar-refractivity contribution in [1.82, 2.24) is 10.9 Å². The summed E-state index contributed by atoms with van der Waals surface area (Å²) in [7, 11) is 0. The lowest BCUT2D eigenvalue weighted by Crippen LogP contribution is -2.63. The first-order valence-electron chi connectivity index (χ1n) is 17.9. The van der Waals surface area contributed by atoms with Crippen molar-refractivity contribution >= 4 is 23.8 Å². The van der Waals surface area contributed by atoms with Gasteiger partial charge in [-0.15, -0.1) is 0 Å². The van der Waals surface area contributed by atoms with Gasteiger partial charge in [0, 0.05) is 6.42 Å². The minimum Gasteiger partial charge on any atom is -0.504 e. The number of phenolic OH excluding ortho intramolecular Hbond substituents is 1. The first kappa shape index (κ1) is 40.7. The first-order chi connectivity index (χ1) is 27.0. The Morgan fingerprint density at radius 3 is 1.46 bits per heavy atom. The van der Waals surface area contributed by atoms with Gasteiger partial charge in [-0.25, -0.2) is 10.2 Å². The Balaban J connectivity index is 1.34. The summed E-state index contributed by atoms with van der Waals surface area (Å²) in [6, 6.07) is 40.5. The number of benzene rings is 5. The van der Waals surface area contributed by atoms with Gasteiger partial charge in [-0.2, -0.15) is 0 Å². The number of amides is 1. The molecular weight excluding hydrogens is 716 g/mol. The van der Waals surface area contributed by atoms with Crippen LogP contribution in [0.3, 0.4) is 0 Å². The van der Waals surface area contributed by atoms with E-state index in [2.05, 4.69) is 10.9 Å². The molecule has 0 aliphatic carbocycles. The van der Waals surface area contributed by atoms with Crippen LogP contribution in [0.25, 0.3) is 0 Å². The van der Waals surface area contributed by atoms with Crippen molar-refractivity contribution in [2.45, 2.75) is 63.8 Å². The van der Waals surface area contributed by atoms with Gasteiger partial charge in [-0.1, -0.05) is 127 Å². The maximum atomic E-state index is 13.9. The Labute approximate surface area is 325 Å². The smallest absolute Gasteiger partial charge is 0.328 e. The maximum absolute atomic E-state index is 13.9. The molecule has 0 saturated carbocycles. The van der Waals surface area contributed by atoms with E-state index >= 15 is 0 Å². The van der Waals surface area contributed by atoms with Gasteiger partial charge < -0.3 is 29.2 Å². The lowest BCUT2D eigenvalue weighted by molar-refractivity contribution is -0.166. The van der Waals surface area contributed by atoms with Gasteiger partial charge in [-0.05, 0) is 46.9 Å². The van der Waals surface area contributed by atoms with E-state index in [-0.39, 0.29) is 44.3 Å². The van der Waals surface area contributed by atoms with E-state index in [1.165, 1.54) is 13.0 Å². The van der Waals surface area contributed by atoms with Crippen molar-refractivity contribution in [1.29, 1.82) is 0 Å². The van der Waals surface area contributed by atoms with E-state index in [9.17, 15) is 29.4 Å². The third-order valence-electron chi connectivity index (χ3n) is 8.72. The number of aromatic hydroxyl groups is 1. The molecule has 56 heavy (non-hydrogen) atoms. The fourth-order valence-electron chi connectivity index (χ4n) is 5.57. The third-order valence-corrected chi connectivity index (χ3v) is 8.72. The van der Waals surface area contributed by atoms with Crippen LogP contribution < -0.4 is 15.6 Å². The summed E-state index contributed by atoms with van der Waals surface area (Å²) >= 11 is 0. The summed E-state index contributed by atoms with van der Waals surface area (Å²) in [6.45, 7) is 1.28. The topological polar surface area (TPSA) is 170 Å². The quantitative estimate of drug-likeness (QED) is 0.0467. The van der Waals surface area contributed by atoms with E-state index in [4.69, 9.17) is 18.9 Å². The number of hydrazine groups is 1. The summed E-state index contributed by atoms with van der Waals surface area (Å²) in [6.07, 6.45) is -1.94. The van der Waals surface area contributed by atoms with E-state index in [0.29, 0.717) is 22.3 Å². The van der Waals surface area contributed by atoms with Crippen molar-refractivity contribution in [2.75, 3.05) is 0 Å². The van der Waals surface area contributed by atoms with E-state index in [0.717, 1.165) is 5.56 Å². The molecule has 0 aromatic heterocycles. The number of rotatable bonds is 19. The molecule has 0 unspecified atom stereocenters. The fourth-order valence-corrected chi connectivity index (χ4v) is 5.57. The molecule has 5 aromatic carbocycles.